The highest BCUT2D eigenvalue weighted by Crippen LogP contribution is 2.38. The van der Waals surface area contributed by atoms with Crippen LogP contribution in [0.5, 0.6) is 5.88 Å². The molecule has 1 amide bonds. The molecule has 2 aromatic rings. The molecule has 0 spiro atoms. The number of rotatable bonds is 10. The maximum Gasteiger partial charge on any atom is 0.313 e. The number of pyridine rings is 1. The van der Waals surface area contributed by atoms with E-state index < -0.39 is 30.8 Å². The van der Waals surface area contributed by atoms with E-state index in [9.17, 15) is 18.4 Å². The summed E-state index contributed by atoms with van der Waals surface area (Å²) >= 11 is 0. The van der Waals surface area contributed by atoms with E-state index in [4.69, 9.17) is 9.47 Å². The van der Waals surface area contributed by atoms with Crippen molar-refractivity contribution >= 4 is 23.3 Å². The molecule has 2 heterocycles. The van der Waals surface area contributed by atoms with Crippen molar-refractivity contribution in [1.82, 2.24) is 4.98 Å². The Balaban J connectivity index is 1.51. The lowest BCUT2D eigenvalue weighted by Gasteiger charge is -2.40. The van der Waals surface area contributed by atoms with Gasteiger partial charge in [-0.25, -0.2) is 13.8 Å². The lowest BCUT2D eigenvalue weighted by molar-refractivity contribution is -0.142. The summed E-state index contributed by atoms with van der Waals surface area (Å²) in [5.74, 6) is -3.29. The molecule has 0 bridgehead atoms. The van der Waals surface area contributed by atoms with Gasteiger partial charge in [-0.15, -0.1) is 0 Å². The maximum atomic E-state index is 13.4. The lowest BCUT2D eigenvalue weighted by Crippen LogP contribution is -2.56. The number of esters is 1. The van der Waals surface area contributed by atoms with Gasteiger partial charge in [-0.2, -0.15) is 0 Å². The van der Waals surface area contributed by atoms with Gasteiger partial charge in [-0.3, -0.25) is 9.59 Å². The van der Waals surface area contributed by atoms with Crippen LogP contribution in [-0.4, -0.2) is 49.6 Å². The summed E-state index contributed by atoms with van der Waals surface area (Å²) in [6.07, 6.45) is 3.57. The molecule has 1 atom stereocenters. The minimum atomic E-state index is -2.73. The van der Waals surface area contributed by atoms with Crippen LogP contribution in [0.4, 0.5) is 20.2 Å². The summed E-state index contributed by atoms with van der Waals surface area (Å²) in [5.41, 5.74) is 1.85. The number of anilines is 2. The second-order valence-corrected chi connectivity index (χ2v) is 8.93. The molecule has 1 saturated carbocycles. The highest BCUT2D eigenvalue weighted by molar-refractivity contribution is 6.03. The summed E-state index contributed by atoms with van der Waals surface area (Å²) in [6, 6.07) is 10.2. The van der Waals surface area contributed by atoms with Crippen molar-refractivity contribution in [2.45, 2.75) is 44.4 Å². The predicted molar refractivity (Wildman–Crippen MR) is 124 cm³/mol. The van der Waals surface area contributed by atoms with E-state index in [1.165, 1.54) is 18.1 Å². The van der Waals surface area contributed by atoms with Crippen LogP contribution in [-0.2, 0) is 9.53 Å². The zero-order valence-electron chi connectivity index (χ0n) is 19.4. The smallest absolute Gasteiger partial charge is 0.313 e. The molecule has 1 aliphatic heterocycles. The Morgan fingerprint density at radius 1 is 1.24 bits per heavy atom. The van der Waals surface area contributed by atoms with Crippen molar-refractivity contribution in [2.75, 3.05) is 37.0 Å². The Labute approximate surface area is 197 Å². The van der Waals surface area contributed by atoms with Gasteiger partial charge in [0.25, 0.3) is 11.8 Å². The van der Waals surface area contributed by atoms with E-state index in [-0.39, 0.29) is 17.5 Å². The number of nitrogens with zero attached hydrogens (tertiary/aromatic N) is 2. The minimum Gasteiger partial charge on any atom is -0.476 e. The van der Waals surface area contributed by atoms with Gasteiger partial charge in [0.2, 0.25) is 5.88 Å². The van der Waals surface area contributed by atoms with Gasteiger partial charge in [-0.05, 0) is 55.0 Å². The highest BCUT2D eigenvalue weighted by Gasteiger charge is 2.45. The number of aromatic nitrogens is 1. The van der Waals surface area contributed by atoms with E-state index in [0.29, 0.717) is 30.3 Å². The van der Waals surface area contributed by atoms with E-state index in [2.05, 4.69) is 10.3 Å². The first-order chi connectivity index (χ1) is 16.3. The van der Waals surface area contributed by atoms with Crippen molar-refractivity contribution in [3.63, 3.8) is 0 Å². The third-order valence-electron chi connectivity index (χ3n) is 6.02. The van der Waals surface area contributed by atoms with Crippen LogP contribution >= 0.6 is 0 Å². The Morgan fingerprint density at radius 3 is 2.65 bits per heavy atom. The molecule has 2 aliphatic rings. The van der Waals surface area contributed by atoms with Gasteiger partial charge >= 0.3 is 5.97 Å². The third kappa shape index (κ3) is 5.63. The standard InChI is InChI=1S/C25H29F2N3O4/c1-3-5-19(24(32)33-2)17-6-4-7-18(12-17)28-22(31)20-10-11-21(30-14-25(26,27)15-30)23(29-20)34-13-16-8-9-16/h4,6-7,10-12,16,19H,3,5,8-9,13-15H2,1-2H3,(H,28,31). The summed E-state index contributed by atoms with van der Waals surface area (Å²) in [5, 5.41) is 2.80. The molecule has 1 aliphatic carbocycles. The maximum absolute atomic E-state index is 13.4. The van der Waals surface area contributed by atoms with Gasteiger partial charge in [0, 0.05) is 5.69 Å². The van der Waals surface area contributed by atoms with Crippen LogP contribution in [0.1, 0.15) is 54.6 Å². The molecule has 182 valence electrons. The molecule has 34 heavy (non-hydrogen) atoms. The molecule has 0 radical (unpaired) electrons. The van der Waals surface area contributed by atoms with Gasteiger partial charge in [0.15, 0.2) is 0 Å². The number of amides is 1. The van der Waals surface area contributed by atoms with Gasteiger partial charge in [0.05, 0.1) is 32.7 Å². The predicted octanol–water partition coefficient (Wildman–Crippen LogP) is 4.63. The molecule has 9 heteroatoms. The molecular weight excluding hydrogens is 444 g/mol. The summed E-state index contributed by atoms with van der Waals surface area (Å²) in [4.78, 5) is 31.0. The van der Waals surface area contributed by atoms with E-state index in [1.807, 2.05) is 13.0 Å². The van der Waals surface area contributed by atoms with Gasteiger partial charge in [0.1, 0.15) is 11.4 Å². The number of hydrogen-bond acceptors (Lipinski definition) is 6. The Kier molecular flexibility index (Phi) is 7.00. The van der Waals surface area contributed by atoms with Crippen molar-refractivity contribution < 1.29 is 27.8 Å². The van der Waals surface area contributed by atoms with Crippen molar-refractivity contribution in [2.24, 2.45) is 5.92 Å². The number of carbonyl (C=O) groups excluding carboxylic acids is 2. The second-order valence-electron chi connectivity index (χ2n) is 8.93. The number of halogens is 2. The number of methoxy groups -OCH3 is 1. The van der Waals surface area contributed by atoms with E-state index in [1.54, 1.807) is 24.3 Å². The van der Waals surface area contributed by atoms with Crippen LogP contribution in [0, 0.1) is 5.92 Å². The first-order valence-corrected chi connectivity index (χ1v) is 11.6. The number of benzene rings is 1. The second kappa shape index (κ2) is 9.95. The normalized spacial score (nSPS) is 17.5. The number of alkyl halides is 2. The third-order valence-corrected chi connectivity index (χ3v) is 6.02. The summed E-state index contributed by atoms with van der Waals surface area (Å²) in [7, 11) is 1.36. The minimum absolute atomic E-state index is 0.116. The van der Waals surface area contributed by atoms with Crippen LogP contribution in [0.25, 0.3) is 0 Å². The first kappa shape index (κ1) is 23.9. The van der Waals surface area contributed by atoms with Crippen molar-refractivity contribution in [3.8, 4) is 5.88 Å². The first-order valence-electron chi connectivity index (χ1n) is 11.6. The highest BCUT2D eigenvalue weighted by atomic mass is 19.3. The zero-order chi connectivity index (χ0) is 24.3. The quantitative estimate of drug-likeness (QED) is 0.507. The molecule has 7 nitrogen and oxygen atoms in total. The molecule has 1 saturated heterocycles. The Bertz CT molecular complexity index is 1050. The summed E-state index contributed by atoms with van der Waals surface area (Å²) in [6.45, 7) is 1.64. The monoisotopic (exact) mass is 473 g/mol. The van der Waals surface area contributed by atoms with E-state index >= 15 is 0 Å². The van der Waals surface area contributed by atoms with Crippen LogP contribution in [0.3, 0.4) is 0 Å². The zero-order valence-corrected chi connectivity index (χ0v) is 19.4. The molecule has 2 fully saturated rings. The molecule has 4 rings (SSSR count). The number of hydrogen-bond donors (Lipinski definition) is 1. The Hall–Kier alpha value is -3.23. The van der Waals surface area contributed by atoms with Crippen LogP contribution in [0.15, 0.2) is 36.4 Å². The largest absolute Gasteiger partial charge is 0.476 e. The number of nitrogens with one attached hydrogen (secondary N) is 1. The fraction of sp³-hybridized carbons (Fsp3) is 0.480. The molecule has 1 aromatic carbocycles. The number of ether oxygens (including phenoxy) is 2. The number of carbonyl (C=O) groups is 2. The van der Waals surface area contributed by atoms with Crippen LogP contribution in [0.2, 0.25) is 0 Å². The topological polar surface area (TPSA) is 80.8 Å². The lowest BCUT2D eigenvalue weighted by atomic mass is 9.94. The molecular formula is C25H29F2N3O4. The fourth-order valence-electron chi connectivity index (χ4n) is 3.95. The van der Waals surface area contributed by atoms with Gasteiger partial charge in [-0.1, -0.05) is 25.5 Å². The summed E-state index contributed by atoms with van der Waals surface area (Å²) < 4.78 is 37.5. The molecule has 1 N–H and O–H groups in total. The molecule has 1 unspecified atom stereocenters. The average Bonchev–Trinajstić information content (AvgIpc) is 3.63. The van der Waals surface area contributed by atoms with Crippen molar-refractivity contribution in [1.29, 1.82) is 0 Å². The average molecular weight is 474 g/mol. The fourth-order valence-corrected chi connectivity index (χ4v) is 3.95. The Morgan fingerprint density at radius 2 is 2.00 bits per heavy atom. The van der Waals surface area contributed by atoms with Crippen molar-refractivity contribution in [3.05, 3.63) is 47.7 Å². The van der Waals surface area contributed by atoms with Gasteiger partial charge < -0.3 is 19.7 Å². The van der Waals surface area contributed by atoms with E-state index in [0.717, 1.165) is 24.8 Å². The molecule has 1 aromatic heterocycles. The van der Waals surface area contributed by atoms with Crippen LogP contribution < -0.4 is 15.0 Å². The SMILES string of the molecule is CCCC(C(=O)OC)c1cccc(NC(=O)c2ccc(N3CC(F)(F)C3)c(OCC3CC3)n2)c1.